The maximum Gasteiger partial charge on any atom is 0.251 e. The highest BCUT2D eigenvalue weighted by molar-refractivity contribution is 7.94. The molecule has 2 N–H and O–H groups in total. The summed E-state index contributed by atoms with van der Waals surface area (Å²) in [6.45, 7) is 3.64. The normalized spacial score (nSPS) is 17.4. The number of nitrogens with one attached hydrogen (secondary N) is 2. The Labute approximate surface area is 175 Å². The van der Waals surface area contributed by atoms with E-state index in [9.17, 15) is 18.0 Å². The number of benzene rings is 2. The molecule has 3 aromatic rings. The van der Waals surface area contributed by atoms with Crippen LogP contribution in [0.3, 0.4) is 0 Å². The standard InChI is InChI=1S/C22H23N3O4S/c1-22(2)14-30(28,29)25(21(22)27)17-7-5-6-15(12-17)20(26)23-11-10-16-13-24-19-9-4-3-8-18(16)19/h3-9,12-13,24H,10-11,14H2,1-2H3,(H,23,26). The number of aromatic nitrogens is 1. The van der Waals surface area contributed by atoms with Crippen LogP contribution in [-0.4, -0.2) is 37.5 Å². The Kier molecular flexibility index (Phi) is 4.89. The zero-order valence-corrected chi connectivity index (χ0v) is 17.6. The van der Waals surface area contributed by atoms with E-state index in [1.807, 2.05) is 30.5 Å². The molecule has 2 heterocycles. The van der Waals surface area contributed by atoms with E-state index < -0.39 is 21.3 Å². The van der Waals surface area contributed by atoms with Crippen molar-refractivity contribution in [1.29, 1.82) is 0 Å². The number of carbonyl (C=O) groups is 2. The molecule has 30 heavy (non-hydrogen) atoms. The third-order valence-electron chi connectivity index (χ3n) is 5.28. The summed E-state index contributed by atoms with van der Waals surface area (Å²) < 4.78 is 25.8. The highest BCUT2D eigenvalue weighted by Gasteiger charge is 2.49. The first-order valence-corrected chi connectivity index (χ1v) is 11.3. The molecule has 0 aliphatic carbocycles. The van der Waals surface area contributed by atoms with Gasteiger partial charge in [0, 0.05) is 29.2 Å². The minimum absolute atomic E-state index is 0.190. The van der Waals surface area contributed by atoms with Gasteiger partial charge in [0.15, 0.2) is 0 Å². The molecule has 156 valence electrons. The van der Waals surface area contributed by atoms with Crippen LogP contribution in [0.25, 0.3) is 10.9 Å². The average molecular weight is 426 g/mol. The number of rotatable bonds is 5. The summed E-state index contributed by atoms with van der Waals surface area (Å²) in [4.78, 5) is 28.4. The first kappa shape index (κ1) is 20.2. The fraction of sp³-hybridized carbons (Fsp3) is 0.273. The summed E-state index contributed by atoms with van der Waals surface area (Å²) >= 11 is 0. The van der Waals surface area contributed by atoms with E-state index in [0.717, 1.165) is 20.8 Å². The Bertz CT molecular complexity index is 1240. The number of fused-ring (bicyclic) bond motifs is 1. The van der Waals surface area contributed by atoms with Crippen molar-refractivity contribution in [1.82, 2.24) is 10.3 Å². The number of H-pyrrole nitrogens is 1. The van der Waals surface area contributed by atoms with E-state index in [1.165, 1.54) is 12.1 Å². The van der Waals surface area contributed by atoms with Crippen molar-refractivity contribution in [2.45, 2.75) is 20.3 Å². The van der Waals surface area contributed by atoms with Gasteiger partial charge in [-0.15, -0.1) is 0 Å². The van der Waals surface area contributed by atoms with Crippen LogP contribution in [0, 0.1) is 5.41 Å². The Morgan fingerprint density at radius 1 is 1.17 bits per heavy atom. The molecule has 0 spiro atoms. The number of amides is 2. The Morgan fingerprint density at radius 2 is 1.93 bits per heavy atom. The monoisotopic (exact) mass is 425 g/mol. The Hall–Kier alpha value is -3.13. The summed E-state index contributed by atoms with van der Waals surface area (Å²) in [5.41, 5.74) is 1.66. The van der Waals surface area contributed by atoms with Crippen molar-refractivity contribution in [2.24, 2.45) is 5.41 Å². The molecule has 0 unspecified atom stereocenters. The zero-order valence-electron chi connectivity index (χ0n) is 16.8. The van der Waals surface area contributed by atoms with Crippen LogP contribution in [0.4, 0.5) is 5.69 Å². The van der Waals surface area contributed by atoms with Crippen LogP contribution < -0.4 is 9.62 Å². The minimum Gasteiger partial charge on any atom is -0.361 e. The summed E-state index contributed by atoms with van der Waals surface area (Å²) in [5.74, 6) is -1.06. The molecule has 2 amide bonds. The first-order valence-electron chi connectivity index (χ1n) is 9.70. The number of hydrogen-bond acceptors (Lipinski definition) is 4. The van der Waals surface area contributed by atoms with Crippen LogP contribution in [0.1, 0.15) is 29.8 Å². The lowest BCUT2D eigenvalue weighted by molar-refractivity contribution is -0.123. The molecule has 2 aromatic carbocycles. The maximum absolute atomic E-state index is 12.6. The fourth-order valence-corrected chi connectivity index (χ4v) is 5.89. The second-order valence-corrected chi connectivity index (χ2v) is 9.94. The first-order chi connectivity index (χ1) is 14.2. The SMILES string of the molecule is CC1(C)CS(=O)(=O)N(c2cccc(C(=O)NCCc3c[nH]c4ccccc34)c2)C1=O. The molecule has 7 nitrogen and oxygen atoms in total. The van der Waals surface area contributed by atoms with Gasteiger partial charge in [0.25, 0.3) is 5.91 Å². The van der Waals surface area contributed by atoms with Gasteiger partial charge in [-0.3, -0.25) is 9.59 Å². The summed E-state index contributed by atoms with van der Waals surface area (Å²) in [6, 6.07) is 14.1. The van der Waals surface area contributed by atoms with Crippen molar-refractivity contribution < 1.29 is 18.0 Å². The second-order valence-electron chi connectivity index (χ2n) is 8.13. The molecule has 0 bridgehead atoms. The molecule has 4 rings (SSSR count). The third-order valence-corrected chi connectivity index (χ3v) is 7.30. The van der Waals surface area contributed by atoms with Crippen molar-refractivity contribution >= 4 is 38.4 Å². The topological polar surface area (TPSA) is 99.3 Å². The predicted octanol–water partition coefficient (Wildman–Crippen LogP) is 2.84. The molecule has 8 heteroatoms. The number of hydrogen-bond donors (Lipinski definition) is 2. The van der Waals surface area contributed by atoms with Crippen LogP contribution in [0.5, 0.6) is 0 Å². The van der Waals surface area contributed by atoms with Crippen LogP contribution in [-0.2, 0) is 21.2 Å². The number of nitrogens with zero attached hydrogens (tertiary/aromatic N) is 1. The highest BCUT2D eigenvalue weighted by Crippen LogP contribution is 2.35. The van der Waals surface area contributed by atoms with Crippen LogP contribution in [0.2, 0.25) is 0 Å². The van der Waals surface area contributed by atoms with Crippen molar-refractivity contribution in [3.8, 4) is 0 Å². The lowest BCUT2D eigenvalue weighted by Gasteiger charge is -2.18. The molecule has 1 saturated heterocycles. The molecule has 1 aliphatic heterocycles. The lowest BCUT2D eigenvalue weighted by atomic mass is 9.95. The largest absolute Gasteiger partial charge is 0.361 e. The molecule has 0 radical (unpaired) electrons. The molecule has 1 aliphatic rings. The van der Waals surface area contributed by atoms with Crippen molar-refractivity contribution in [2.75, 3.05) is 16.6 Å². The van der Waals surface area contributed by atoms with Gasteiger partial charge >= 0.3 is 0 Å². The smallest absolute Gasteiger partial charge is 0.251 e. The van der Waals surface area contributed by atoms with Crippen molar-refractivity contribution in [3.63, 3.8) is 0 Å². The zero-order chi connectivity index (χ0) is 21.5. The summed E-state index contributed by atoms with van der Waals surface area (Å²) in [5, 5.41) is 3.98. The van der Waals surface area contributed by atoms with Gasteiger partial charge in [-0.2, -0.15) is 0 Å². The lowest BCUT2D eigenvalue weighted by Crippen LogP contribution is -2.33. The Morgan fingerprint density at radius 3 is 2.67 bits per heavy atom. The number of sulfonamides is 1. The van der Waals surface area contributed by atoms with E-state index in [4.69, 9.17) is 0 Å². The second kappa shape index (κ2) is 7.28. The summed E-state index contributed by atoms with van der Waals surface area (Å²) in [6.07, 6.45) is 2.59. The van der Waals surface area contributed by atoms with E-state index in [1.54, 1.807) is 26.0 Å². The molecule has 1 aromatic heterocycles. The third kappa shape index (κ3) is 3.59. The van der Waals surface area contributed by atoms with E-state index in [2.05, 4.69) is 10.3 Å². The van der Waals surface area contributed by atoms with Gasteiger partial charge in [-0.1, -0.05) is 24.3 Å². The fourth-order valence-electron chi connectivity index (χ4n) is 3.79. The summed E-state index contributed by atoms with van der Waals surface area (Å²) in [7, 11) is -3.76. The van der Waals surface area contributed by atoms with Crippen LogP contribution in [0.15, 0.2) is 54.7 Å². The van der Waals surface area contributed by atoms with E-state index in [-0.39, 0.29) is 17.3 Å². The molecular formula is C22H23N3O4S. The van der Waals surface area contributed by atoms with E-state index >= 15 is 0 Å². The van der Waals surface area contributed by atoms with Gasteiger partial charge < -0.3 is 10.3 Å². The Balaban J connectivity index is 1.47. The quantitative estimate of drug-likeness (QED) is 0.657. The number of aromatic amines is 1. The predicted molar refractivity (Wildman–Crippen MR) is 116 cm³/mol. The average Bonchev–Trinajstić information content (AvgIpc) is 3.17. The van der Waals surface area contributed by atoms with Gasteiger partial charge in [0.1, 0.15) is 0 Å². The van der Waals surface area contributed by atoms with Gasteiger partial charge in [-0.05, 0) is 50.1 Å². The number of para-hydroxylation sites is 1. The highest BCUT2D eigenvalue weighted by atomic mass is 32.2. The molecule has 0 saturated carbocycles. The molecule has 0 atom stereocenters. The minimum atomic E-state index is -3.76. The van der Waals surface area contributed by atoms with E-state index in [0.29, 0.717) is 18.5 Å². The van der Waals surface area contributed by atoms with Crippen molar-refractivity contribution in [3.05, 3.63) is 65.9 Å². The molecule has 1 fully saturated rings. The number of anilines is 1. The molecular weight excluding hydrogens is 402 g/mol. The maximum atomic E-state index is 12.6. The van der Waals surface area contributed by atoms with Gasteiger partial charge in [0.2, 0.25) is 15.9 Å². The van der Waals surface area contributed by atoms with Gasteiger partial charge in [-0.25, -0.2) is 12.7 Å². The van der Waals surface area contributed by atoms with Crippen LogP contribution >= 0.6 is 0 Å². The van der Waals surface area contributed by atoms with Gasteiger partial charge in [0.05, 0.1) is 16.9 Å². The number of carbonyl (C=O) groups excluding carboxylic acids is 2.